The minimum absolute atomic E-state index is 0.171. The van der Waals surface area contributed by atoms with E-state index in [1.807, 2.05) is 18.2 Å². The molecule has 1 aromatic carbocycles. The number of hydrogen-bond acceptors (Lipinski definition) is 2. The van der Waals surface area contributed by atoms with Crippen molar-refractivity contribution in [1.29, 1.82) is 0 Å². The SMILES string of the molecule is O=C1NCCCC12CCCN2Cc1c(Cl)cccc1Cl. The molecule has 2 fully saturated rings. The molecule has 0 bridgehead atoms. The highest BCUT2D eigenvalue weighted by atomic mass is 35.5. The zero-order valence-electron chi connectivity index (χ0n) is 11.3. The fourth-order valence-electron chi connectivity index (χ4n) is 3.44. The van der Waals surface area contributed by atoms with Gasteiger partial charge in [0.2, 0.25) is 5.91 Å². The summed E-state index contributed by atoms with van der Waals surface area (Å²) in [5, 5.41) is 4.37. The van der Waals surface area contributed by atoms with Crippen molar-refractivity contribution in [2.75, 3.05) is 13.1 Å². The van der Waals surface area contributed by atoms with E-state index in [-0.39, 0.29) is 11.4 Å². The summed E-state index contributed by atoms with van der Waals surface area (Å²) in [7, 11) is 0. The van der Waals surface area contributed by atoms with Gasteiger partial charge in [0, 0.05) is 28.7 Å². The lowest BCUT2D eigenvalue weighted by Crippen LogP contribution is -2.58. The first kappa shape index (κ1) is 14.2. The zero-order chi connectivity index (χ0) is 14.2. The third-order valence-corrected chi connectivity index (χ3v) is 5.22. The zero-order valence-corrected chi connectivity index (χ0v) is 12.8. The van der Waals surface area contributed by atoms with Crippen LogP contribution in [0.15, 0.2) is 18.2 Å². The van der Waals surface area contributed by atoms with Crippen LogP contribution in [0.4, 0.5) is 0 Å². The van der Waals surface area contributed by atoms with Gasteiger partial charge in [-0.15, -0.1) is 0 Å². The van der Waals surface area contributed by atoms with E-state index in [0.717, 1.165) is 44.3 Å². The number of halogens is 2. The molecule has 0 aliphatic carbocycles. The van der Waals surface area contributed by atoms with Crippen LogP contribution in [-0.2, 0) is 11.3 Å². The summed E-state index contributed by atoms with van der Waals surface area (Å²) < 4.78 is 0. The monoisotopic (exact) mass is 312 g/mol. The maximum atomic E-state index is 12.4. The van der Waals surface area contributed by atoms with Crippen LogP contribution >= 0.6 is 23.2 Å². The summed E-state index contributed by atoms with van der Waals surface area (Å²) in [5.41, 5.74) is 0.580. The molecule has 2 aliphatic heterocycles. The molecule has 20 heavy (non-hydrogen) atoms. The lowest BCUT2D eigenvalue weighted by molar-refractivity contribution is -0.134. The topological polar surface area (TPSA) is 32.3 Å². The highest BCUT2D eigenvalue weighted by Gasteiger charge is 2.48. The van der Waals surface area contributed by atoms with Gasteiger partial charge < -0.3 is 5.32 Å². The lowest BCUT2D eigenvalue weighted by atomic mass is 9.86. The van der Waals surface area contributed by atoms with Gasteiger partial charge >= 0.3 is 0 Å². The Balaban J connectivity index is 1.88. The Labute approximate surface area is 129 Å². The van der Waals surface area contributed by atoms with Gasteiger partial charge in [-0.25, -0.2) is 0 Å². The molecular weight excluding hydrogens is 295 g/mol. The summed E-state index contributed by atoms with van der Waals surface area (Å²) in [6.45, 7) is 2.36. The molecule has 1 aromatic rings. The van der Waals surface area contributed by atoms with Crippen LogP contribution in [0, 0.1) is 0 Å². The number of amides is 1. The predicted octanol–water partition coefficient (Wildman–Crippen LogP) is 3.24. The fourth-order valence-corrected chi connectivity index (χ4v) is 3.96. The summed E-state index contributed by atoms with van der Waals surface area (Å²) in [5.74, 6) is 0.171. The molecule has 3 rings (SSSR count). The van der Waals surface area contributed by atoms with E-state index >= 15 is 0 Å². The van der Waals surface area contributed by atoms with Crippen molar-refractivity contribution < 1.29 is 4.79 Å². The molecule has 0 aromatic heterocycles. The van der Waals surface area contributed by atoms with Crippen LogP contribution in [0.2, 0.25) is 10.0 Å². The molecule has 1 spiro atoms. The van der Waals surface area contributed by atoms with E-state index in [2.05, 4.69) is 10.2 Å². The Kier molecular flexibility index (Phi) is 3.93. The highest BCUT2D eigenvalue weighted by molar-refractivity contribution is 6.35. The molecule has 0 saturated carbocycles. The summed E-state index contributed by atoms with van der Waals surface area (Å²) >= 11 is 12.5. The average Bonchev–Trinajstić information content (AvgIpc) is 2.82. The quantitative estimate of drug-likeness (QED) is 0.909. The van der Waals surface area contributed by atoms with Crippen molar-refractivity contribution in [2.24, 2.45) is 0 Å². The molecule has 2 aliphatic rings. The van der Waals surface area contributed by atoms with Crippen LogP contribution < -0.4 is 5.32 Å². The van der Waals surface area contributed by atoms with Gasteiger partial charge in [-0.05, 0) is 44.4 Å². The number of likely N-dealkylation sites (tertiary alicyclic amines) is 1. The van der Waals surface area contributed by atoms with Gasteiger partial charge in [-0.2, -0.15) is 0 Å². The summed E-state index contributed by atoms with van der Waals surface area (Å²) in [6, 6.07) is 5.56. The Hall–Kier alpha value is -0.770. The molecule has 1 unspecified atom stereocenters. The van der Waals surface area contributed by atoms with Crippen LogP contribution in [0.25, 0.3) is 0 Å². The minimum atomic E-state index is -0.346. The van der Waals surface area contributed by atoms with E-state index in [1.54, 1.807) is 0 Å². The number of nitrogens with zero attached hydrogens (tertiary/aromatic N) is 1. The average molecular weight is 313 g/mol. The maximum Gasteiger partial charge on any atom is 0.240 e. The molecule has 1 atom stereocenters. The van der Waals surface area contributed by atoms with Crippen LogP contribution in [-0.4, -0.2) is 29.4 Å². The molecule has 2 heterocycles. The third-order valence-electron chi connectivity index (χ3n) is 4.51. The largest absolute Gasteiger partial charge is 0.354 e. The summed E-state index contributed by atoms with van der Waals surface area (Å²) in [6.07, 6.45) is 3.95. The number of hydrogen-bond donors (Lipinski definition) is 1. The number of carbonyl (C=O) groups is 1. The first-order valence-electron chi connectivity index (χ1n) is 7.10. The molecule has 0 radical (unpaired) electrons. The van der Waals surface area contributed by atoms with E-state index < -0.39 is 0 Å². The molecule has 1 amide bonds. The third kappa shape index (κ3) is 2.32. The first-order valence-corrected chi connectivity index (χ1v) is 7.85. The Morgan fingerprint density at radius 2 is 1.90 bits per heavy atom. The number of nitrogens with one attached hydrogen (secondary N) is 1. The molecular formula is C15H18Cl2N2O. The number of rotatable bonds is 2. The molecule has 2 saturated heterocycles. The number of piperidine rings is 1. The molecule has 1 N–H and O–H groups in total. The lowest BCUT2D eigenvalue weighted by Gasteiger charge is -2.40. The first-order chi connectivity index (χ1) is 9.63. The van der Waals surface area contributed by atoms with Gasteiger partial charge in [0.1, 0.15) is 5.54 Å². The number of benzene rings is 1. The Morgan fingerprint density at radius 3 is 2.60 bits per heavy atom. The van der Waals surface area contributed by atoms with Crippen molar-refractivity contribution in [3.63, 3.8) is 0 Å². The van der Waals surface area contributed by atoms with E-state index in [0.29, 0.717) is 16.6 Å². The smallest absolute Gasteiger partial charge is 0.240 e. The summed E-state index contributed by atoms with van der Waals surface area (Å²) in [4.78, 5) is 14.6. The molecule has 108 valence electrons. The fraction of sp³-hybridized carbons (Fsp3) is 0.533. The van der Waals surface area contributed by atoms with Gasteiger partial charge in [-0.3, -0.25) is 9.69 Å². The number of carbonyl (C=O) groups excluding carboxylic acids is 1. The molecule has 3 nitrogen and oxygen atoms in total. The van der Waals surface area contributed by atoms with E-state index in [4.69, 9.17) is 23.2 Å². The van der Waals surface area contributed by atoms with Gasteiger partial charge in [0.25, 0.3) is 0 Å². The molecule has 5 heteroatoms. The van der Waals surface area contributed by atoms with Crippen LogP contribution in [0.3, 0.4) is 0 Å². The van der Waals surface area contributed by atoms with Crippen LogP contribution in [0.1, 0.15) is 31.2 Å². The normalized spacial score (nSPS) is 27.0. The second-order valence-electron chi connectivity index (χ2n) is 5.62. The van der Waals surface area contributed by atoms with Gasteiger partial charge in [0.05, 0.1) is 0 Å². The Morgan fingerprint density at radius 1 is 1.20 bits per heavy atom. The van der Waals surface area contributed by atoms with Gasteiger partial charge in [-0.1, -0.05) is 29.3 Å². The van der Waals surface area contributed by atoms with E-state index in [9.17, 15) is 4.79 Å². The van der Waals surface area contributed by atoms with Gasteiger partial charge in [0.15, 0.2) is 0 Å². The van der Waals surface area contributed by atoms with Crippen LogP contribution in [0.5, 0.6) is 0 Å². The highest BCUT2D eigenvalue weighted by Crippen LogP contribution is 2.38. The predicted molar refractivity (Wildman–Crippen MR) is 81.1 cm³/mol. The standard InChI is InChI=1S/C15H18Cl2N2O/c16-12-4-1-5-13(17)11(12)10-19-9-3-7-15(19)6-2-8-18-14(15)20/h1,4-5H,2-3,6-10H2,(H,18,20). The second-order valence-corrected chi connectivity index (χ2v) is 6.43. The van der Waals surface area contributed by atoms with Crippen molar-refractivity contribution in [2.45, 2.75) is 37.8 Å². The van der Waals surface area contributed by atoms with Crippen molar-refractivity contribution in [3.8, 4) is 0 Å². The minimum Gasteiger partial charge on any atom is -0.354 e. The second kappa shape index (κ2) is 5.55. The van der Waals surface area contributed by atoms with Crippen molar-refractivity contribution in [3.05, 3.63) is 33.8 Å². The van der Waals surface area contributed by atoms with Crippen molar-refractivity contribution >= 4 is 29.1 Å². The maximum absolute atomic E-state index is 12.4. The van der Waals surface area contributed by atoms with E-state index in [1.165, 1.54) is 0 Å². The Bertz CT molecular complexity index is 514. The van der Waals surface area contributed by atoms with Crippen molar-refractivity contribution in [1.82, 2.24) is 10.2 Å².